The second-order valence-electron chi connectivity index (χ2n) is 6.65. The molecule has 1 N–H and O–H groups in total. The van der Waals surface area contributed by atoms with Gasteiger partial charge in [0.05, 0.1) is 6.61 Å². The van der Waals surface area contributed by atoms with E-state index in [2.05, 4.69) is 31.1 Å². The highest BCUT2D eigenvalue weighted by molar-refractivity contribution is 4.89. The first-order valence-corrected chi connectivity index (χ1v) is 8.22. The van der Waals surface area contributed by atoms with Crippen LogP contribution in [0.2, 0.25) is 0 Å². The maximum Gasteiger partial charge on any atom is 0.0593 e. The lowest BCUT2D eigenvalue weighted by Crippen LogP contribution is -2.52. The van der Waals surface area contributed by atoms with Crippen molar-refractivity contribution in [2.75, 3.05) is 33.4 Å². The molecule has 0 amide bonds. The lowest BCUT2D eigenvalue weighted by atomic mass is 9.82. The van der Waals surface area contributed by atoms with E-state index in [0.717, 1.165) is 38.1 Å². The first-order chi connectivity index (χ1) is 9.20. The first-order valence-electron chi connectivity index (χ1n) is 8.22. The molecule has 0 bridgehead atoms. The summed E-state index contributed by atoms with van der Waals surface area (Å²) in [5.74, 6) is 1.75. The van der Waals surface area contributed by atoms with E-state index in [-0.39, 0.29) is 0 Å². The zero-order valence-corrected chi connectivity index (χ0v) is 13.0. The molecule has 2 rings (SSSR count). The van der Waals surface area contributed by atoms with Crippen molar-refractivity contribution in [3.8, 4) is 0 Å². The van der Waals surface area contributed by atoms with Crippen molar-refractivity contribution in [3.05, 3.63) is 0 Å². The van der Waals surface area contributed by atoms with Crippen LogP contribution < -0.4 is 5.32 Å². The summed E-state index contributed by atoms with van der Waals surface area (Å²) >= 11 is 0. The number of nitrogens with one attached hydrogen (secondary N) is 1. The van der Waals surface area contributed by atoms with E-state index in [9.17, 15) is 0 Å². The summed E-state index contributed by atoms with van der Waals surface area (Å²) in [7, 11) is 2.27. The highest BCUT2D eigenvalue weighted by atomic mass is 16.5. The summed E-state index contributed by atoms with van der Waals surface area (Å²) in [6, 6.07) is 1.36. The highest BCUT2D eigenvalue weighted by Crippen LogP contribution is 2.29. The normalized spacial score (nSPS) is 31.9. The van der Waals surface area contributed by atoms with Gasteiger partial charge in [-0.1, -0.05) is 13.8 Å². The Morgan fingerprint density at radius 1 is 1.21 bits per heavy atom. The van der Waals surface area contributed by atoms with Gasteiger partial charge < -0.3 is 10.1 Å². The molecule has 19 heavy (non-hydrogen) atoms. The SMILES string of the molecule is CCNC1CCC(C)CC1N(C)CCOCC1CC1. The van der Waals surface area contributed by atoms with Gasteiger partial charge in [-0.3, -0.25) is 4.90 Å². The maximum atomic E-state index is 5.78. The molecule has 112 valence electrons. The molecule has 0 saturated heterocycles. The van der Waals surface area contributed by atoms with Crippen LogP contribution in [0, 0.1) is 11.8 Å². The number of ether oxygens (including phenoxy) is 1. The smallest absolute Gasteiger partial charge is 0.0593 e. The molecule has 3 atom stereocenters. The van der Waals surface area contributed by atoms with E-state index in [1.54, 1.807) is 0 Å². The lowest BCUT2D eigenvalue weighted by Gasteiger charge is -2.40. The van der Waals surface area contributed by atoms with Crippen molar-refractivity contribution in [2.45, 2.75) is 58.0 Å². The fourth-order valence-electron chi connectivity index (χ4n) is 3.25. The summed E-state index contributed by atoms with van der Waals surface area (Å²) in [6.45, 7) is 8.66. The summed E-state index contributed by atoms with van der Waals surface area (Å²) in [4.78, 5) is 2.52. The van der Waals surface area contributed by atoms with E-state index in [1.165, 1.54) is 32.1 Å². The van der Waals surface area contributed by atoms with Crippen LogP contribution in [0.1, 0.15) is 46.0 Å². The molecule has 0 heterocycles. The molecule has 2 aliphatic rings. The van der Waals surface area contributed by atoms with Gasteiger partial charge >= 0.3 is 0 Å². The molecular weight excluding hydrogens is 236 g/mol. The Morgan fingerprint density at radius 2 is 2.00 bits per heavy atom. The van der Waals surface area contributed by atoms with Crippen LogP contribution in [-0.2, 0) is 4.74 Å². The third-order valence-electron chi connectivity index (χ3n) is 4.75. The van der Waals surface area contributed by atoms with Gasteiger partial charge in [0, 0.05) is 25.2 Å². The average Bonchev–Trinajstić information content (AvgIpc) is 3.21. The minimum Gasteiger partial charge on any atom is -0.380 e. The predicted molar refractivity (Wildman–Crippen MR) is 80.4 cm³/mol. The Kier molecular flexibility index (Phi) is 6.11. The first kappa shape index (κ1) is 15.3. The number of likely N-dealkylation sites (N-methyl/N-ethyl adjacent to an activating group) is 2. The van der Waals surface area contributed by atoms with E-state index < -0.39 is 0 Å². The van der Waals surface area contributed by atoms with Crippen LogP contribution in [-0.4, -0.2) is 50.3 Å². The second-order valence-corrected chi connectivity index (χ2v) is 6.65. The van der Waals surface area contributed by atoms with Crippen molar-refractivity contribution < 1.29 is 4.74 Å². The number of rotatable bonds is 8. The molecule has 0 radical (unpaired) electrons. The van der Waals surface area contributed by atoms with Crippen molar-refractivity contribution >= 4 is 0 Å². The van der Waals surface area contributed by atoms with E-state index in [4.69, 9.17) is 4.74 Å². The van der Waals surface area contributed by atoms with Crippen molar-refractivity contribution in [1.82, 2.24) is 10.2 Å². The third kappa shape index (κ3) is 5.05. The zero-order valence-electron chi connectivity index (χ0n) is 13.0. The summed E-state index contributed by atoms with van der Waals surface area (Å²) < 4.78 is 5.78. The minimum absolute atomic E-state index is 0.676. The van der Waals surface area contributed by atoms with Gasteiger partial charge in [0.25, 0.3) is 0 Å². The lowest BCUT2D eigenvalue weighted by molar-refractivity contribution is 0.0668. The average molecular weight is 268 g/mol. The molecule has 2 fully saturated rings. The zero-order chi connectivity index (χ0) is 13.7. The Balaban J connectivity index is 1.70. The summed E-state index contributed by atoms with van der Waals surface area (Å²) in [5.41, 5.74) is 0. The quantitative estimate of drug-likeness (QED) is 0.685. The molecule has 3 unspecified atom stereocenters. The Hall–Kier alpha value is -0.120. The molecule has 0 aliphatic heterocycles. The van der Waals surface area contributed by atoms with Gasteiger partial charge in [0.1, 0.15) is 0 Å². The number of hydrogen-bond donors (Lipinski definition) is 1. The van der Waals surface area contributed by atoms with Gasteiger partial charge in [-0.2, -0.15) is 0 Å². The van der Waals surface area contributed by atoms with Crippen LogP contribution in [0.25, 0.3) is 0 Å². The van der Waals surface area contributed by atoms with Gasteiger partial charge in [-0.25, -0.2) is 0 Å². The molecule has 2 aliphatic carbocycles. The van der Waals surface area contributed by atoms with E-state index in [1.807, 2.05) is 0 Å². The molecule has 2 saturated carbocycles. The topological polar surface area (TPSA) is 24.5 Å². The molecule has 0 aromatic carbocycles. The third-order valence-corrected chi connectivity index (χ3v) is 4.75. The maximum absolute atomic E-state index is 5.78. The number of nitrogens with zero attached hydrogens (tertiary/aromatic N) is 1. The van der Waals surface area contributed by atoms with Crippen LogP contribution in [0.15, 0.2) is 0 Å². The number of hydrogen-bond acceptors (Lipinski definition) is 3. The molecule has 0 spiro atoms. The van der Waals surface area contributed by atoms with Gasteiger partial charge in [0.15, 0.2) is 0 Å². The molecule has 0 aromatic rings. The van der Waals surface area contributed by atoms with Crippen LogP contribution >= 0.6 is 0 Å². The molecule has 3 heteroatoms. The Labute approximate surface area is 119 Å². The monoisotopic (exact) mass is 268 g/mol. The highest BCUT2D eigenvalue weighted by Gasteiger charge is 2.30. The van der Waals surface area contributed by atoms with E-state index >= 15 is 0 Å². The molecule has 0 aromatic heterocycles. The standard InChI is InChI=1S/C16H32N2O/c1-4-17-15-8-5-13(2)11-16(15)18(3)9-10-19-12-14-6-7-14/h13-17H,4-12H2,1-3H3. The van der Waals surface area contributed by atoms with Crippen LogP contribution in [0.4, 0.5) is 0 Å². The Morgan fingerprint density at radius 3 is 2.68 bits per heavy atom. The van der Waals surface area contributed by atoms with Crippen molar-refractivity contribution in [1.29, 1.82) is 0 Å². The van der Waals surface area contributed by atoms with Gasteiger partial charge in [-0.05, 0) is 57.5 Å². The molecule has 3 nitrogen and oxygen atoms in total. The second kappa shape index (κ2) is 7.61. The minimum atomic E-state index is 0.676. The largest absolute Gasteiger partial charge is 0.380 e. The Bertz CT molecular complexity index is 255. The summed E-state index contributed by atoms with van der Waals surface area (Å²) in [6.07, 6.45) is 6.81. The van der Waals surface area contributed by atoms with Crippen LogP contribution in [0.5, 0.6) is 0 Å². The molecular formula is C16H32N2O. The summed E-state index contributed by atoms with van der Waals surface area (Å²) in [5, 5.41) is 3.67. The predicted octanol–water partition coefficient (Wildman–Crippen LogP) is 2.51. The van der Waals surface area contributed by atoms with E-state index in [0.29, 0.717) is 12.1 Å². The fourth-order valence-corrected chi connectivity index (χ4v) is 3.25. The van der Waals surface area contributed by atoms with Gasteiger partial charge in [-0.15, -0.1) is 0 Å². The fraction of sp³-hybridized carbons (Fsp3) is 1.00. The van der Waals surface area contributed by atoms with Gasteiger partial charge in [0.2, 0.25) is 0 Å². The van der Waals surface area contributed by atoms with Crippen molar-refractivity contribution in [3.63, 3.8) is 0 Å². The van der Waals surface area contributed by atoms with Crippen LogP contribution in [0.3, 0.4) is 0 Å². The van der Waals surface area contributed by atoms with Crippen molar-refractivity contribution in [2.24, 2.45) is 11.8 Å².